The largest absolute Gasteiger partial charge is 0.326 e. The van der Waals surface area contributed by atoms with Crippen molar-refractivity contribution in [3.63, 3.8) is 0 Å². The fourth-order valence-corrected chi connectivity index (χ4v) is 3.07. The minimum Gasteiger partial charge on any atom is -0.326 e. The molecule has 0 spiro atoms. The summed E-state index contributed by atoms with van der Waals surface area (Å²) in [5.74, 6) is 0.0790. The van der Waals surface area contributed by atoms with Crippen molar-refractivity contribution in [1.82, 2.24) is 14.8 Å². The van der Waals surface area contributed by atoms with Gasteiger partial charge in [0.05, 0.1) is 6.54 Å². The van der Waals surface area contributed by atoms with Crippen molar-refractivity contribution in [2.24, 2.45) is 5.92 Å². The number of rotatable bonds is 6. The quantitative estimate of drug-likeness (QED) is 0.845. The van der Waals surface area contributed by atoms with Crippen molar-refractivity contribution in [2.75, 3.05) is 10.6 Å². The van der Waals surface area contributed by atoms with Gasteiger partial charge in [0.2, 0.25) is 11.8 Å². The Hall–Kier alpha value is -2.70. The molecule has 0 unspecified atom stereocenters. The van der Waals surface area contributed by atoms with Crippen molar-refractivity contribution in [2.45, 2.75) is 45.1 Å². The van der Waals surface area contributed by atoms with E-state index in [0.717, 1.165) is 25.7 Å². The molecule has 2 amide bonds. The number of hydrogen-bond donors (Lipinski definition) is 2. The Morgan fingerprint density at radius 1 is 1.12 bits per heavy atom. The van der Waals surface area contributed by atoms with Crippen molar-refractivity contribution >= 4 is 23.2 Å². The van der Waals surface area contributed by atoms with Crippen LogP contribution in [0, 0.1) is 5.92 Å². The van der Waals surface area contributed by atoms with Crippen LogP contribution in [-0.2, 0) is 16.1 Å². The van der Waals surface area contributed by atoms with Crippen LogP contribution in [0.15, 0.2) is 36.9 Å². The van der Waals surface area contributed by atoms with E-state index in [9.17, 15) is 9.59 Å². The smallest absolute Gasteiger partial charge is 0.227 e. The van der Waals surface area contributed by atoms with Gasteiger partial charge in [-0.15, -0.1) is 0 Å². The molecule has 7 heteroatoms. The molecule has 3 rings (SSSR count). The first-order chi connectivity index (χ1) is 12.2. The molecule has 132 valence electrons. The zero-order chi connectivity index (χ0) is 17.5. The number of nitrogens with one attached hydrogen (secondary N) is 2. The Bertz CT molecular complexity index is 708. The van der Waals surface area contributed by atoms with Gasteiger partial charge < -0.3 is 10.6 Å². The molecule has 1 aliphatic rings. The lowest BCUT2D eigenvalue weighted by atomic mass is 9.88. The fraction of sp³-hybridized carbons (Fsp3) is 0.444. The number of amides is 2. The van der Waals surface area contributed by atoms with E-state index >= 15 is 0 Å². The molecule has 7 nitrogen and oxygen atoms in total. The molecule has 0 atom stereocenters. The second-order valence-electron chi connectivity index (χ2n) is 6.36. The van der Waals surface area contributed by atoms with Crippen LogP contribution in [0.25, 0.3) is 0 Å². The number of anilines is 2. The molecule has 1 saturated carbocycles. The number of nitrogens with zero attached hydrogens (tertiary/aromatic N) is 3. The number of carbonyl (C=O) groups is 2. The van der Waals surface area contributed by atoms with Crippen LogP contribution in [-0.4, -0.2) is 26.6 Å². The van der Waals surface area contributed by atoms with Crippen molar-refractivity contribution in [3.05, 3.63) is 36.9 Å². The molecular weight excluding hydrogens is 318 g/mol. The van der Waals surface area contributed by atoms with E-state index in [4.69, 9.17) is 0 Å². The standard InChI is InChI=1S/C18H23N5O2/c24-17(9-10-23-13-19-12-20-23)21-15-7-4-8-16(11-15)22-18(25)14-5-2-1-3-6-14/h4,7-8,11-14H,1-3,5-6,9-10H2,(H,21,24)(H,22,25). The lowest BCUT2D eigenvalue weighted by molar-refractivity contribution is -0.120. The third-order valence-electron chi connectivity index (χ3n) is 4.42. The Morgan fingerprint density at radius 2 is 1.88 bits per heavy atom. The third-order valence-corrected chi connectivity index (χ3v) is 4.42. The highest BCUT2D eigenvalue weighted by molar-refractivity contribution is 5.95. The number of hydrogen-bond acceptors (Lipinski definition) is 4. The second kappa shape index (κ2) is 8.41. The van der Waals surface area contributed by atoms with E-state index < -0.39 is 0 Å². The van der Waals surface area contributed by atoms with Gasteiger partial charge in [-0.05, 0) is 31.0 Å². The maximum atomic E-state index is 12.3. The van der Waals surface area contributed by atoms with Crippen LogP contribution < -0.4 is 10.6 Å². The highest BCUT2D eigenvalue weighted by Crippen LogP contribution is 2.25. The summed E-state index contributed by atoms with van der Waals surface area (Å²) in [4.78, 5) is 28.2. The average molecular weight is 341 g/mol. The van der Waals surface area contributed by atoms with E-state index in [0.29, 0.717) is 24.3 Å². The molecular formula is C18H23N5O2. The minimum absolute atomic E-state index is 0.0781. The Balaban J connectivity index is 1.51. The zero-order valence-electron chi connectivity index (χ0n) is 14.1. The van der Waals surface area contributed by atoms with Gasteiger partial charge in [-0.1, -0.05) is 25.3 Å². The van der Waals surface area contributed by atoms with Gasteiger partial charge in [0, 0.05) is 23.7 Å². The van der Waals surface area contributed by atoms with Crippen LogP contribution in [0.2, 0.25) is 0 Å². The molecule has 1 aromatic heterocycles. The number of aromatic nitrogens is 3. The van der Waals surface area contributed by atoms with Crippen LogP contribution >= 0.6 is 0 Å². The Morgan fingerprint density at radius 3 is 2.60 bits per heavy atom. The molecule has 1 fully saturated rings. The fourth-order valence-electron chi connectivity index (χ4n) is 3.07. The zero-order valence-corrected chi connectivity index (χ0v) is 14.1. The molecule has 0 bridgehead atoms. The molecule has 2 N–H and O–H groups in total. The van der Waals surface area contributed by atoms with Crippen molar-refractivity contribution < 1.29 is 9.59 Å². The molecule has 1 aliphatic carbocycles. The summed E-state index contributed by atoms with van der Waals surface area (Å²) in [6.07, 6.45) is 8.72. The van der Waals surface area contributed by atoms with Crippen LogP contribution in [0.5, 0.6) is 0 Å². The van der Waals surface area contributed by atoms with E-state index in [1.165, 1.54) is 12.7 Å². The minimum atomic E-state index is -0.105. The average Bonchev–Trinajstić information content (AvgIpc) is 3.15. The SMILES string of the molecule is O=C(CCn1cncn1)Nc1cccc(NC(=O)C2CCCCC2)c1. The normalized spacial score (nSPS) is 14.9. The van der Waals surface area contributed by atoms with E-state index in [1.807, 2.05) is 18.2 Å². The van der Waals surface area contributed by atoms with E-state index in [1.54, 1.807) is 17.1 Å². The van der Waals surface area contributed by atoms with Crippen LogP contribution in [0.3, 0.4) is 0 Å². The molecule has 1 heterocycles. The molecule has 25 heavy (non-hydrogen) atoms. The van der Waals surface area contributed by atoms with Crippen molar-refractivity contribution in [1.29, 1.82) is 0 Å². The van der Waals surface area contributed by atoms with Gasteiger partial charge in [-0.25, -0.2) is 4.98 Å². The topological polar surface area (TPSA) is 88.9 Å². The van der Waals surface area contributed by atoms with Gasteiger partial charge in [-0.2, -0.15) is 5.10 Å². The summed E-state index contributed by atoms with van der Waals surface area (Å²) >= 11 is 0. The predicted molar refractivity (Wildman–Crippen MR) is 94.9 cm³/mol. The first-order valence-corrected chi connectivity index (χ1v) is 8.74. The molecule has 0 aliphatic heterocycles. The van der Waals surface area contributed by atoms with Gasteiger partial charge >= 0.3 is 0 Å². The molecule has 0 saturated heterocycles. The monoisotopic (exact) mass is 341 g/mol. The molecule has 0 radical (unpaired) electrons. The summed E-state index contributed by atoms with van der Waals surface area (Å²) in [7, 11) is 0. The Labute approximate surface area is 146 Å². The van der Waals surface area contributed by atoms with E-state index in [2.05, 4.69) is 20.7 Å². The summed E-state index contributed by atoms with van der Waals surface area (Å²) in [5, 5.41) is 9.78. The van der Waals surface area contributed by atoms with Gasteiger partial charge in [0.25, 0.3) is 0 Å². The maximum absolute atomic E-state index is 12.3. The van der Waals surface area contributed by atoms with Crippen LogP contribution in [0.1, 0.15) is 38.5 Å². The summed E-state index contributed by atoms with van der Waals surface area (Å²) in [5.41, 5.74) is 1.38. The highest BCUT2D eigenvalue weighted by Gasteiger charge is 2.21. The lowest BCUT2D eigenvalue weighted by Crippen LogP contribution is -2.24. The summed E-state index contributed by atoms with van der Waals surface area (Å²) < 4.78 is 1.61. The highest BCUT2D eigenvalue weighted by atomic mass is 16.2. The molecule has 2 aromatic rings. The lowest BCUT2D eigenvalue weighted by Gasteiger charge is -2.20. The third kappa shape index (κ3) is 5.14. The van der Waals surface area contributed by atoms with Gasteiger partial charge in [0.1, 0.15) is 12.7 Å². The van der Waals surface area contributed by atoms with Gasteiger partial charge in [0.15, 0.2) is 0 Å². The maximum Gasteiger partial charge on any atom is 0.227 e. The van der Waals surface area contributed by atoms with Crippen LogP contribution in [0.4, 0.5) is 11.4 Å². The van der Waals surface area contributed by atoms with E-state index in [-0.39, 0.29) is 17.7 Å². The molecule has 1 aromatic carbocycles. The van der Waals surface area contributed by atoms with Gasteiger partial charge in [-0.3, -0.25) is 14.3 Å². The summed E-state index contributed by atoms with van der Waals surface area (Å²) in [6.45, 7) is 0.476. The Kier molecular flexibility index (Phi) is 5.77. The number of benzene rings is 1. The first-order valence-electron chi connectivity index (χ1n) is 8.74. The number of carbonyl (C=O) groups excluding carboxylic acids is 2. The van der Waals surface area contributed by atoms with Crippen molar-refractivity contribution in [3.8, 4) is 0 Å². The number of aryl methyl sites for hydroxylation is 1. The summed E-state index contributed by atoms with van der Waals surface area (Å²) in [6, 6.07) is 7.26. The second-order valence-corrected chi connectivity index (χ2v) is 6.36. The first kappa shape index (κ1) is 17.1. The predicted octanol–water partition coefficient (Wildman–Crippen LogP) is 2.83.